The summed E-state index contributed by atoms with van der Waals surface area (Å²) >= 11 is 6.17. The number of rotatable bonds is 3. The Kier molecular flexibility index (Phi) is 4.25. The molecule has 98 valence electrons. The minimum Gasteiger partial charge on any atom is -0.338 e. The summed E-state index contributed by atoms with van der Waals surface area (Å²) in [5.41, 5.74) is 0.994. The Morgan fingerprint density at radius 1 is 1.50 bits per heavy atom. The van der Waals surface area contributed by atoms with Crippen molar-refractivity contribution in [2.75, 3.05) is 13.6 Å². The van der Waals surface area contributed by atoms with E-state index in [1.807, 2.05) is 38.2 Å². The average Bonchev–Trinajstić information content (AvgIpc) is 2.90. The standard InChI is InChI=1S/C14H19ClN2O/c1-10(11-6-3-4-7-12(11)15)17(2)14(18)13-8-5-9-16-13/h3-4,6-7,10,13,16H,5,8-9H2,1-2H3/t10?,13-/m0/s1. The molecule has 1 fully saturated rings. The van der Waals surface area contributed by atoms with Gasteiger partial charge in [-0.3, -0.25) is 4.79 Å². The van der Waals surface area contributed by atoms with Crippen molar-refractivity contribution in [1.29, 1.82) is 0 Å². The molecule has 18 heavy (non-hydrogen) atoms. The van der Waals surface area contributed by atoms with Crippen molar-refractivity contribution < 1.29 is 4.79 Å². The number of halogens is 1. The summed E-state index contributed by atoms with van der Waals surface area (Å²) in [6, 6.07) is 7.65. The van der Waals surface area contributed by atoms with Crippen molar-refractivity contribution in [2.45, 2.75) is 31.8 Å². The molecule has 0 spiro atoms. The highest BCUT2D eigenvalue weighted by Gasteiger charge is 2.28. The van der Waals surface area contributed by atoms with E-state index in [4.69, 9.17) is 11.6 Å². The number of likely N-dealkylation sites (N-methyl/N-ethyl adjacent to an activating group) is 1. The number of nitrogens with one attached hydrogen (secondary N) is 1. The summed E-state index contributed by atoms with van der Waals surface area (Å²) in [5, 5.41) is 3.95. The molecule has 1 N–H and O–H groups in total. The lowest BCUT2D eigenvalue weighted by atomic mass is 10.1. The average molecular weight is 267 g/mol. The fourth-order valence-electron chi connectivity index (χ4n) is 2.35. The predicted molar refractivity (Wildman–Crippen MR) is 73.7 cm³/mol. The van der Waals surface area contributed by atoms with Crippen LogP contribution in [0.2, 0.25) is 5.02 Å². The van der Waals surface area contributed by atoms with Crippen molar-refractivity contribution in [1.82, 2.24) is 10.2 Å². The number of hydrogen-bond donors (Lipinski definition) is 1. The van der Waals surface area contributed by atoms with Gasteiger partial charge in [0.15, 0.2) is 0 Å². The molecule has 2 rings (SSSR count). The molecule has 1 saturated heterocycles. The molecule has 0 radical (unpaired) electrons. The highest BCUT2D eigenvalue weighted by molar-refractivity contribution is 6.31. The predicted octanol–water partition coefficient (Wildman–Crippen LogP) is 2.61. The molecule has 1 aromatic rings. The van der Waals surface area contributed by atoms with Gasteiger partial charge in [-0.1, -0.05) is 29.8 Å². The van der Waals surface area contributed by atoms with Crippen LogP contribution < -0.4 is 5.32 Å². The van der Waals surface area contributed by atoms with Crippen LogP contribution in [0.1, 0.15) is 31.4 Å². The first kappa shape index (κ1) is 13.4. The zero-order chi connectivity index (χ0) is 13.1. The van der Waals surface area contributed by atoms with Crippen LogP contribution in [0, 0.1) is 0 Å². The number of benzene rings is 1. The smallest absolute Gasteiger partial charge is 0.239 e. The minimum atomic E-state index is -0.0278. The Labute approximate surface area is 113 Å². The first-order chi connectivity index (χ1) is 8.61. The minimum absolute atomic E-state index is 0.00593. The van der Waals surface area contributed by atoms with E-state index in [1.165, 1.54) is 0 Å². The SMILES string of the molecule is CC(c1ccccc1Cl)N(C)C(=O)[C@@H]1CCCN1. The molecule has 0 saturated carbocycles. The Morgan fingerprint density at radius 2 is 2.22 bits per heavy atom. The van der Waals surface area contributed by atoms with Crippen LogP contribution in [-0.2, 0) is 4.79 Å². The van der Waals surface area contributed by atoms with Gasteiger partial charge in [0.2, 0.25) is 5.91 Å². The van der Waals surface area contributed by atoms with Crippen LogP contribution in [0.25, 0.3) is 0 Å². The van der Waals surface area contributed by atoms with E-state index in [0.717, 1.165) is 24.9 Å². The van der Waals surface area contributed by atoms with Crippen LogP contribution in [0.3, 0.4) is 0 Å². The van der Waals surface area contributed by atoms with Gasteiger partial charge in [0.25, 0.3) is 0 Å². The Hall–Kier alpha value is -1.06. The second kappa shape index (κ2) is 5.72. The molecule has 4 heteroatoms. The molecule has 0 aliphatic carbocycles. The molecule has 3 nitrogen and oxygen atoms in total. The number of hydrogen-bond acceptors (Lipinski definition) is 2. The van der Waals surface area contributed by atoms with E-state index in [-0.39, 0.29) is 18.0 Å². The van der Waals surface area contributed by atoms with Crippen LogP contribution in [0.4, 0.5) is 0 Å². The zero-order valence-electron chi connectivity index (χ0n) is 10.8. The summed E-state index contributed by atoms with van der Waals surface area (Å²) in [7, 11) is 1.84. The quantitative estimate of drug-likeness (QED) is 0.912. The van der Waals surface area contributed by atoms with E-state index in [1.54, 1.807) is 4.90 Å². The van der Waals surface area contributed by atoms with Gasteiger partial charge in [-0.15, -0.1) is 0 Å². The van der Waals surface area contributed by atoms with E-state index in [2.05, 4.69) is 5.32 Å². The number of amides is 1. The van der Waals surface area contributed by atoms with E-state index in [0.29, 0.717) is 5.02 Å². The van der Waals surface area contributed by atoms with Gasteiger partial charge in [0, 0.05) is 12.1 Å². The zero-order valence-corrected chi connectivity index (χ0v) is 11.6. The first-order valence-corrected chi connectivity index (χ1v) is 6.73. The highest BCUT2D eigenvalue weighted by atomic mass is 35.5. The van der Waals surface area contributed by atoms with Crippen molar-refractivity contribution in [3.05, 3.63) is 34.9 Å². The maximum absolute atomic E-state index is 12.3. The molecule has 0 aromatic heterocycles. The maximum atomic E-state index is 12.3. The molecule has 1 aliphatic heterocycles. The topological polar surface area (TPSA) is 32.3 Å². The second-order valence-electron chi connectivity index (χ2n) is 4.80. The largest absolute Gasteiger partial charge is 0.338 e. The Bertz CT molecular complexity index is 430. The van der Waals surface area contributed by atoms with Gasteiger partial charge in [-0.25, -0.2) is 0 Å². The summed E-state index contributed by atoms with van der Waals surface area (Å²) in [6.07, 6.45) is 2.00. The second-order valence-corrected chi connectivity index (χ2v) is 5.20. The fraction of sp³-hybridized carbons (Fsp3) is 0.500. The summed E-state index contributed by atoms with van der Waals surface area (Å²) < 4.78 is 0. The molecule has 1 amide bonds. The van der Waals surface area contributed by atoms with Gasteiger partial charge < -0.3 is 10.2 Å². The summed E-state index contributed by atoms with van der Waals surface area (Å²) in [6.45, 7) is 2.94. The highest BCUT2D eigenvalue weighted by Crippen LogP contribution is 2.27. The van der Waals surface area contributed by atoms with E-state index < -0.39 is 0 Å². The van der Waals surface area contributed by atoms with Crippen LogP contribution in [-0.4, -0.2) is 30.4 Å². The lowest BCUT2D eigenvalue weighted by Gasteiger charge is -2.28. The fourth-order valence-corrected chi connectivity index (χ4v) is 2.65. The monoisotopic (exact) mass is 266 g/mol. The van der Waals surface area contributed by atoms with Gasteiger partial charge in [0.05, 0.1) is 12.1 Å². The number of carbonyl (C=O) groups is 1. The molecule has 0 bridgehead atoms. The third kappa shape index (κ3) is 2.68. The lowest BCUT2D eigenvalue weighted by molar-refractivity contribution is -0.133. The van der Waals surface area contributed by atoms with Crippen LogP contribution in [0.5, 0.6) is 0 Å². The van der Waals surface area contributed by atoms with Gasteiger partial charge in [0.1, 0.15) is 0 Å². The molecule has 2 atom stereocenters. The third-order valence-electron chi connectivity index (χ3n) is 3.64. The molecular weight excluding hydrogens is 248 g/mol. The molecule has 1 heterocycles. The summed E-state index contributed by atoms with van der Waals surface area (Å²) in [5.74, 6) is 0.153. The number of carbonyl (C=O) groups excluding carboxylic acids is 1. The van der Waals surface area contributed by atoms with Crippen LogP contribution in [0.15, 0.2) is 24.3 Å². The van der Waals surface area contributed by atoms with Gasteiger partial charge >= 0.3 is 0 Å². The Balaban J connectivity index is 2.10. The maximum Gasteiger partial charge on any atom is 0.239 e. The summed E-state index contributed by atoms with van der Waals surface area (Å²) in [4.78, 5) is 14.1. The van der Waals surface area contributed by atoms with Gasteiger partial charge in [-0.2, -0.15) is 0 Å². The lowest BCUT2D eigenvalue weighted by Crippen LogP contribution is -2.42. The van der Waals surface area contributed by atoms with Crippen LogP contribution >= 0.6 is 11.6 Å². The normalized spacial score (nSPS) is 20.7. The van der Waals surface area contributed by atoms with Crippen molar-refractivity contribution in [3.8, 4) is 0 Å². The van der Waals surface area contributed by atoms with Crippen molar-refractivity contribution >= 4 is 17.5 Å². The molecular formula is C14H19ClN2O. The first-order valence-electron chi connectivity index (χ1n) is 6.35. The molecule has 1 unspecified atom stereocenters. The van der Waals surface area contributed by atoms with Gasteiger partial charge in [-0.05, 0) is 37.9 Å². The molecule has 1 aromatic carbocycles. The molecule has 1 aliphatic rings. The Morgan fingerprint density at radius 3 is 2.83 bits per heavy atom. The number of nitrogens with zero attached hydrogens (tertiary/aromatic N) is 1. The van der Waals surface area contributed by atoms with E-state index in [9.17, 15) is 4.79 Å². The van der Waals surface area contributed by atoms with E-state index >= 15 is 0 Å². The van der Waals surface area contributed by atoms with Crippen molar-refractivity contribution in [2.24, 2.45) is 0 Å². The third-order valence-corrected chi connectivity index (χ3v) is 3.99. The van der Waals surface area contributed by atoms with Crippen molar-refractivity contribution in [3.63, 3.8) is 0 Å².